The average Bonchev–Trinajstić information content (AvgIpc) is 2.75. The Bertz CT molecular complexity index is 585. The van der Waals surface area contributed by atoms with Crippen molar-refractivity contribution in [3.05, 3.63) is 35.5 Å². The number of hydrogen-bond acceptors (Lipinski definition) is 3. The molecule has 2 rings (SSSR count). The SMILES string of the molecule is CCOC(=O)c1cc(C(=O)O)c2cc[nH]c2c1. The molecular formula is C12H11NO4. The van der Waals surface area contributed by atoms with Crippen LogP contribution in [0.4, 0.5) is 0 Å². The molecule has 0 saturated heterocycles. The molecule has 0 amide bonds. The van der Waals surface area contributed by atoms with Crippen molar-refractivity contribution < 1.29 is 19.4 Å². The number of carboxylic acids is 1. The van der Waals surface area contributed by atoms with Crippen LogP contribution < -0.4 is 0 Å². The fraction of sp³-hybridized carbons (Fsp3) is 0.167. The predicted molar refractivity (Wildman–Crippen MR) is 61.2 cm³/mol. The molecule has 5 nitrogen and oxygen atoms in total. The summed E-state index contributed by atoms with van der Waals surface area (Å²) < 4.78 is 4.84. The number of aromatic carboxylic acids is 1. The van der Waals surface area contributed by atoms with E-state index in [0.29, 0.717) is 10.9 Å². The Morgan fingerprint density at radius 3 is 2.82 bits per heavy atom. The van der Waals surface area contributed by atoms with Crippen LogP contribution in [0.25, 0.3) is 10.9 Å². The van der Waals surface area contributed by atoms with Gasteiger partial charge in [-0.3, -0.25) is 0 Å². The van der Waals surface area contributed by atoms with Crippen molar-refractivity contribution >= 4 is 22.8 Å². The number of carbonyl (C=O) groups excluding carboxylic acids is 1. The van der Waals surface area contributed by atoms with Gasteiger partial charge in [0.1, 0.15) is 0 Å². The summed E-state index contributed by atoms with van der Waals surface area (Å²) in [7, 11) is 0. The molecule has 2 N–H and O–H groups in total. The molecule has 0 atom stereocenters. The van der Waals surface area contributed by atoms with Crippen LogP contribution in [0.5, 0.6) is 0 Å². The number of rotatable bonds is 3. The summed E-state index contributed by atoms with van der Waals surface area (Å²) in [4.78, 5) is 25.5. The zero-order valence-corrected chi connectivity index (χ0v) is 9.19. The van der Waals surface area contributed by atoms with E-state index in [1.807, 2.05) is 0 Å². The lowest BCUT2D eigenvalue weighted by molar-refractivity contribution is 0.0526. The molecule has 0 spiro atoms. The molecule has 2 aromatic rings. The molecule has 0 bridgehead atoms. The second-order valence-corrected chi connectivity index (χ2v) is 3.49. The van der Waals surface area contributed by atoms with Crippen LogP contribution in [0.3, 0.4) is 0 Å². The number of aromatic nitrogens is 1. The summed E-state index contributed by atoms with van der Waals surface area (Å²) >= 11 is 0. The first-order chi connectivity index (χ1) is 8.13. The molecule has 5 heteroatoms. The Balaban J connectivity index is 2.59. The van der Waals surface area contributed by atoms with Crippen LogP contribution in [-0.2, 0) is 4.74 Å². The van der Waals surface area contributed by atoms with Crippen molar-refractivity contribution in [2.24, 2.45) is 0 Å². The molecular weight excluding hydrogens is 222 g/mol. The molecule has 1 aromatic heterocycles. The highest BCUT2D eigenvalue weighted by Gasteiger charge is 2.15. The molecule has 1 heterocycles. The smallest absolute Gasteiger partial charge is 0.338 e. The van der Waals surface area contributed by atoms with Gasteiger partial charge in [-0.15, -0.1) is 0 Å². The van der Waals surface area contributed by atoms with E-state index in [-0.39, 0.29) is 17.7 Å². The molecule has 88 valence electrons. The fourth-order valence-electron chi connectivity index (χ4n) is 1.68. The number of H-pyrrole nitrogens is 1. The van der Waals surface area contributed by atoms with E-state index in [4.69, 9.17) is 9.84 Å². The summed E-state index contributed by atoms with van der Waals surface area (Å²) in [6, 6.07) is 4.57. The van der Waals surface area contributed by atoms with Gasteiger partial charge in [-0.2, -0.15) is 0 Å². The maximum atomic E-state index is 11.6. The van der Waals surface area contributed by atoms with E-state index in [1.54, 1.807) is 25.3 Å². The number of hydrogen-bond donors (Lipinski definition) is 2. The Morgan fingerprint density at radius 2 is 2.18 bits per heavy atom. The van der Waals surface area contributed by atoms with E-state index in [9.17, 15) is 9.59 Å². The second kappa shape index (κ2) is 4.29. The van der Waals surface area contributed by atoms with E-state index in [2.05, 4.69) is 4.98 Å². The molecule has 0 aliphatic heterocycles. The highest BCUT2D eigenvalue weighted by Crippen LogP contribution is 2.20. The lowest BCUT2D eigenvalue weighted by Crippen LogP contribution is -2.07. The number of nitrogens with one attached hydrogen (secondary N) is 1. The monoisotopic (exact) mass is 233 g/mol. The zero-order valence-electron chi connectivity index (χ0n) is 9.19. The topological polar surface area (TPSA) is 79.4 Å². The van der Waals surface area contributed by atoms with Gasteiger partial charge in [0.25, 0.3) is 0 Å². The van der Waals surface area contributed by atoms with E-state index < -0.39 is 11.9 Å². The van der Waals surface area contributed by atoms with Crippen LogP contribution in [-0.4, -0.2) is 28.6 Å². The van der Waals surface area contributed by atoms with Crippen molar-refractivity contribution in [1.82, 2.24) is 4.98 Å². The van der Waals surface area contributed by atoms with Crippen molar-refractivity contribution in [2.45, 2.75) is 6.92 Å². The van der Waals surface area contributed by atoms with Crippen molar-refractivity contribution in [3.63, 3.8) is 0 Å². The lowest BCUT2D eigenvalue weighted by Gasteiger charge is -2.04. The standard InChI is InChI=1S/C12H11NO4/c1-2-17-12(16)7-5-9(11(14)15)8-3-4-13-10(8)6-7/h3-6,13H,2H2,1H3,(H,14,15). The summed E-state index contributed by atoms with van der Waals surface area (Å²) in [6.07, 6.45) is 1.63. The van der Waals surface area contributed by atoms with Crippen LogP contribution in [0.1, 0.15) is 27.6 Å². The normalized spacial score (nSPS) is 10.4. The van der Waals surface area contributed by atoms with E-state index in [0.717, 1.165) is 0 Å². The van der Waals surface area contributed by atoms with Gasteiger partial charge in [0.2, 0.25) is 0 Å². The van der Waals surface area contributed by atoms with Crippen LogP contribution in [0.2, 0.25) is 0 Å². The van der Waals surface area contributed by atoms with E-state index in [1.165, 1.54) is 6.07 Å². The Hall–Kier alpha value is -2.30. The van der Waals surface area contributed by atoms with Gasteiger partial charge in [-0.25, -0.2) is 9.59 Å². The van der Waals surface area contributed by atoms with Gasteiger partial charge in [0.05, 0.1) is 17.7 Å². The Labute approximate surface area is 97.0 Å². The molecule has 17 heavy (non-hydrogen) atoms. The van der Waals surface area contributed by atoms with Crippen molar-refractivity contribution in [3.8, 4) is 0 Å². The Morgan fingerprint density at radius 1 is 1.41 bits per heavy atom. The first-order valence-corrected chi connectivity index (χ1v) is 5.15. The van der Waals surface area contributed by atoms with Crippen molar-refractivity contribution in [2.75, 3.05) is 6.61 Å². The van der Waals surface area contributed by atoms with E-state index >= 15 is 0 Å². The number of fused-ring (bicyclic) bond motifs is 1. The number of benzene rings is 1. The number of esters is 1. The van der Waals surface area contributed by atoms with Gasteiger partial charge in [-0.1, -0.05) is 0 Å². The third-order valence-corrected chi connectivity index (χ3v) is 2.41. The van der Waals surface area contributed by atoms with Crippen LogP contribution in [0, 0.1) is 0 Å². The maximum absolute atomic E-state index is 11.6. The second-order valence-electron chi connectivity index (χ2n) is 3.49. The average molecular weight is 233 g/mol. The predicted octanol–water partition coefficient (Wildman–Crippen LogP) is 2.04. The van der Waals surface area contributed by atoms with Crippen molar-refractivity contribution in [1.29, 1.82) is 0 Å². The largest absolute Gasteiger partial charge is 0.478 e. The number of carbonyl (C=O) groups is 2. The minimum Gasteiger partial charge on any atom is -0.478 e. The number of ether oxygens (including phenoxy) is 1. The summed E-state index contributed by atoms with van der Waals surface area (Å²) in [6.45, 7) is 1.95. The first-order valence-electron chi connectivity index (χ1n) is 5.15. The highest BCUT2D eigenvalue weighted by atomic mass is 16.5. The van der Waals surface area contributed by atoms with Gasteiger partial charge in [0, 0.05) is 17.1 Å². The summed E-state index contributed by atoms with van der Waals surface area (Å²) in [5.41, 5.74) is 0.930. The molecule has 0 aliphatic rings. The number of carboxylic acid groups (broad SMARTS) is 1. The molecule has 0 fully saturated rings. The Kier molecular flexibility index (Phi) is 2.82. The van der Waals surface area contributed by atoms with Gasteiger partial charge in [0.15, 0.2) is 0 Å². The fourth-order valence-corrected chi connectivity index (χ4v) is 1.68. The minimum atomic E-state index is -1.07. The third kappa shape index (κ3) is 1.99. The maximum Gasteiger partial charge on any atom is 0.338 e. The first kappa shape index (κ1) is 11.2. The molecule has 0 radical (unpaired) electrons. The van der Waals surface area contributed by atoms with Gasteiger partial charge < -0.3 is 14.8 Å². The summed E-state index contributed by atoms with van der Waals surface area (Å²) in [5, 5.41) is 9.65. The van der Waals surface area contributed by atoms with Crippen LogP contribution >= 0.6 is 0 Å². The number of aromatic amines is 1. The lowest BCUT2D eigenvalue weighted by atomic mass is 10.1. The molecule has 0 unspecified atom stereocenters. The molecule has 0 saturated carbocycles. The molecule has 0 aliphatic carbocycles. The van der Waals surface area contributed by atoms with Gasteiger partial charge >= 0.3 is 11.9 Å². The quantitative estimate of drug-likeness (QED) is 0.795. The van der Waals surface area contributed by atoms with Crippen LogP contribution in [0.15, 0.2) is 24.4 Å². The zero-order chi connectivity index (χ0) is 12.4. The van der Waals surface area contributed by atoms with Gasteiger partial charge in [-0.05, 0) is 25.1 Å². The molecule has 1 aromatic carbocycles. The minimum absolute atomic E-state index is 0.0896. The summed E-state index contributed by atoms with van der Waals surface area (Å²) in [5.74, 6) is -1.59. The highest BCUT2D eigenvalue weighted by molar-refractivity contribution is 6.06. The third-order valence-electron chi connectivity index (χ3n) is 2.41.